The molecule has 11 heteroatoms. The Labute approximate surface area is 203 Å². The van der Waals surface area contributed by atoms with Crippen LogP contribution < -0.4 is 15.6 Å². The first kappa shape index (κ1) is 24.5. The highest BCUT2D eigenvalue weighted by Crippen LogP contribution is 2.47. The first-order chi connectivity index (χ1) is 16.6. The van der Waals surface area contributed by atoms with E-state index in [0.29, 0.717) is 35.1 Å². The molecule has 35 heavy (non-hydrogen) atoms. The number of H-pyrrole nitrogens is 1. The van der Waals surface area contributed by atoms with Crippen LogP contribution in [0.5, 0.6) is 5.88 Å². The number of ether oxygens (including phenoxy) is 1. The number of fused-ring (bicyclic) bond motifs is 1. The number of benzene rings is 1. The second kappa shape index (κ2) is 9.57. The van der Waals surface area contributed by atoms with E-state index in [1.54, 1.807) is 24.3 Å². The van der Waals surface area contributed by atoms with Gasteiger partial charge in [0.15, 0.2) is 0 Å². The highest BCUT2D eigenvalue weighted by atomic mass is 32.3. The smallest absolute Gasteiger partial charge is 0.293 e. The van der Waals surface area contributed by atoms with Crippen LogP contribution in [0.15, 0.2) is 50.6 Å². The van der Waals surface area contributed by atoms with E-state index in [2.05, 4.69) is 15.5 Å². The molecule has 0 unspecified atom stereocenters. The van der Waals surface area contributed by atoms with E-state index in [4.69, 9.17) is 9.26 Å². The molecule has 0 radical (unpaired) electrons. The maximum Gasteiger partial charge on any atom is 0.293 e. The van der Waals surface area contributed by atoms with Gasteiger partial charge >= 0.3 is 0 Å². The van der Waals surface area contributed by atoms with Gasteiger partial charge in [0.2, 0.25) is 11.6 Å². The van der Waals surface area contributed by atoms with Crippen LogP contribution in [0.3, 0.4) is 0 Å². The normalized spacial score (nSPS) is 15.9. The van der Waals surface area contributed by atoms with Crippen molar-refractivity contribution in [3.8, 4) is 5.88 Å². The van der Waals surface area contributed by atoms with Gasteiger partial charge < -0.3 is 19.5 Å². The number of anilines is 1. The van der Waals surface area contributed by atoms with Crippen molar-refractivity contribution in [2.24, 2.45) is 0 Å². The molecule has 2 amide bonds. The summed E-state index contributed by atoms with van der Waals surface area (Å²) in [6.07, 6.45) is 6.32. The molecule has 2 aromatic heterocycles. The largest absolute Gasteiger partial charge is 0.478 e. The number of hydrogen-bond donors (Lipinski definition) is 2. The number of nitrogens with zero attached hydrogens (tertiary/aromatic N) is 2. The molecular weight excluding hydrogens is 475 g/mol. The Bertz CT molecular complexity index is 1330. The number of halogens is 1. The average molecular weight is 503 g/mol. The molecule has 2 N–H and O–H groups in total. The summed E-state index contributed by atoms with van der Waals surface area (Å²) >= 11 is 0. The lowest BCUT2D eigenvalue weighted by atomic mass is 9.95. The third-order valence-electron chi connectivity index (χ3n) is 5.57. The number of carbonyl (C=O) groups is 2. The molecule has 0 saturated carbocycles. The fourth-order valence-electron chi connectivity index (χ4n) is 4.01. The minimum absolute atomic E-state index is 0.155. The molecule has 0 fully saturated rings. The van der Waals surface area contributed by atoms with Gasteiger partial charge in [-0.05, 0) is 50.0 Å². The van der Waals surface area contributed by atoms with E-state index in [1.807, 2.05) is 25.7 Å². The van der Waals surface area contributed by atoms with E-state index < -0.39 is 39.3 Å². The standard InChI is InChI=1S/C24H27FN4O5S/c1-5-33-21-9-7-15-17(27-21)10-11-29(24(32)18-13-20(30)28-34-18)22(15)23(31)26-14-6-8-19(16(25)12-14)35(2,3)4/h6-9,12-13,22H,5,10-11H2,1-4H3,(H,26,31)(H,28,30)/t22-/m1/s1. The molecule has 186 valence electrons. The summed E-state index contributed by atoms with van der Waals surface area (Å²) in [5, 5.41) is 4.82. The van der Waals surface area contributed by atoms with E-state index in [0.717, 1.165) is 6.07 Å². The Balaban J connectivity index is 1.69. The van der Waals surface area contributed by atoms with Crippen LogP contribution in [0, 0.1) is 5.82 Å². The predicted octanol–water partition coefficient (Wildman–Crippen LogP) is 3.33. The number of rotatable bonds is 6. The molecule has 1 aliphatic rings. The van der Waals surface area contributed by atoms with Crippen LogP contribution >= 0.6 is 10.0 Å². The third-order valence-corrected chi connectivity index (χ3v) is 7.23. The summed E-state index contributed by atoms with van der Waals surface area (Å²) < 4.78 is 25.2. The highest BCUT2D eigenvalue weighted by molar-refractivity contribution is 8.32. The predicted molar refractivity (Wildman–Crippen MR) is 131 cm³/mol. The highest BCUT2D eigenvalue weighted by Gasteiger charge is 2.38. The van der Waals surface area contributed by atoms with Gasteiger partial charge in [-0.1, -0.05) is 0 Å². The van der Waals surface area contributed by atoms with Crippen molar-refractivity contribution in [2.75, 3.05) is 37.2 Å². The Hall–Kier alpha value is -3.60. The Morgan fingerprint density at radius 2 is 2.03 bits per heavy atom. The van der Waals surface area contributed by atoms with Crippen LogP contribution in [0.1, 0.15) is 34.8 Å². The molecule has 3 aromatic rings. The van der Waals surface area contributed by atoms with Gasteiger partial charge in [-0.3, -0.25) is 14.4 Å². The molecule has 1 aliphatic heterocycles. The minimum Gasteiger partial charge on any atom is -0.478 e. The van der Waals surface area contributed by atoms with Gasteiger partial charge in [-0.15, -0.1) is 0 Å². The lowest BCUT2D eigenvalue weighted by Crippen LogP contribution is -2.45. The summed E-state index contributed by atoms with van der Waals surface area (Å²) in [6.45, 7) is 2.43. The summed E-state index contributed by atoms with van der Waals surface area (Å²) in [7, 11) is -1.30. The van der Waals surface area contributed by atoms with E-state index >= 15 is 0 Å². The van der Waals surface area contributed by atoms with Crippen molar-refractivity contribution in [3.63, 3.8) is 0 Å². The molecule has 0 spiro atoms. The SMILES string of the molecule is CCOc1ccc2c(n1)CCN(C(=O)c1cc(=O)[nH]o1)[C@H]2C(=O)Nc1ccc(S(C)(C)C)c(F)c1. The van der Waals surface area contributed by atoms with Crippen molar-refractivity contribution in [3.05, 3.63) is 69.6 Å². The summed E-state index contributed by atoms with van der Waals surface area (Å²) in [5.74, 6) is -1.36. The number of carbonyl (C=O) groups excluding carboxylic acids is 2. The fraction of sp³-hybridized carbons (Fsp3) is 0.333. The van der Waals surface area contributed by atoms with Crippen LogP contribution in [0.4, 0.5) is 10.1 Å². The maximum absolute atomic E-state index is 14.8. The Kier molecular flexibility index (Phi) is 6.70. The molecular formula is C24H27FN4O5S. The van der Waals surface area contributed by atoms with Gasteiger partial charge in [0, 0.05) is 35.2 Å². The summed E-state index contributed by atoms with van der Waals surface area (Å²) in [6, 6.07) is 7.87. The van der Waals surface area contributed by atoms with Gasteiger partial charge in [0.25, 0.3) is 17.4 Å². The van der Waals surface area contributed by atoms with Crippen molar-refractivity contribution < 1.29 is 23.2 Å². The second-order valence-corrected chi connectivity index (χ2v) is 12.9. The fourth-order valence-corrected chi connectivity index (χ4v) is 5.13. The van der Waals surface area contributed by atoms with Crippen LogP contribution in [0.2, 0.25) is 0 Å². The molecule has 4 rings (SSSR count). The number of aromatic amines is 1. The monoisotopic (exact) mass is 502 g/mol. The number of amides is 2. The Morgan fingerprint density at radius 3 is 2.66 bits per heavy atom. The Morgan fingerprint density at radius 1 is 1.26 bits per heavy atom. The van der Waals surface area contributed by atoms with Gasteiger partial charge in [0.05, 0.1) is 18.4 Å². The van der Waals surface area contributed by atoms with E-state index in [1.165, 1.54) is 11.0 Å². The average Bonchev–Trinajstić information content (AvgIpc) is 3.23. The number of pyridine rings is 1. The van der Waals surface area contributed by atoms with Crippen molar-refractivity contribution in [2.45, 2.75) is 24.3 Å². The van der Waals surface area contributed by atoms with Gasteiger partial charge in [-0.2, -0.15) is 5.16 Å². The lowest BCUT2D eigenvalue weighted by Gasteiger charge is -2.35. The van der Waals surface area contributed by atoms with Crippen LogP contribution in [0.25, 0.3) is 0 Å². The molecule has 0 saturated heterocycles. The maximum atomic E-state index is 14.8. The van der Waals surface area contributed by atoms with Gasteiger partial charge in [0.1, 0.15) is 11.9 Å². The zero-order valence-electron chi connectivity index (χ0n) is 19.9. The number of nitrogens with one attached hydrogen (secondary N) is 2. The second-order valence-electron chi connectivity index (χ2n) is 8.82. The van der Waals surface area contributed by atoms with Crippen molar-refractivity contribution in [1.82, 2.24) is 15.0 Å². The van der Waals surface area contributed by atoms with Crippen molar-refractivity contribution in [1.29, 1.82) is 0 Å². The van der Waals surface area contributed by atoms with Crippen LogP contribution in [-0.2, 0) is 11.2 Å². The molecule has 1 atom stereocenters. The first-order valence-electron chi connectivity index (χ1n) is 11.0. The molecule has 1 aromatic carbocycles. The van der Waals surface area contributed by atoms with Crippen molar-refractivity contribution >= 4 is 27.5 Å². The van der Waals surface area contributed by atoms with Gasteiger partial charge in [-0.25, -0.2) is 19.4 Å². The number of aromatic nitrogens is 2. The minimum atomic E-state index is -1.30. The van der Waals surface area contributed by atoms with E-state index in [9.17, 15) is 18.8 Å². The molecule has 9 nitrogen and oxygen atoms in total. The molecule has 3 heterocycles. The zero-order valence-corrected chi connectivity index (χ0v) is 20.7. The zero-order chi connectivity index (χ0) is 25.3. The van der Waals surface area contributed by atoms with E-state index in [-0.39, 0.29) is 18.0 Å². The topological polar surface area (TPSA) is 118 Å². The summed E-state index contributed by atoms with van der Waals surface area (Å²) in [4.78, 5) is 44.6. The lowest BCUT2D eigenvalue weighted by molar-refractivity contribution is -0.121. The first-order valence-corrected chi connectivity index (χ1v) is 13.8. The number of hydrogen-bond acceptors (Lipinski definition) is 6. The van der Waals surface area contributed by atoms with Crippen LogP contribution in [-0.4, -0.2) is 58.8 Å². The third kappa shape index (κ3) is 5.09. The quantitative estimate of drug-likeness (QED) is 0.534. The molecule has 0 bridgehead atoms. The summed E-state index contributed by atoms with van der Waals surface area (Å²) in [5.41, 5.74) is 0.839. The molecule has 0 aliphatic carbocycles.